The molecule has 0 aliphatic heterocycles. The van der Waals surface area contributed by atoms with Gasteiger partial charge in [0.15, 0.2) is 0 Å². The van der Waals surface area contributed by atoms with E-state index in [-0.39, 0.29) is 5.41 Å². The number of carbonyl (C=O) groups excluding carboxylic acids is 2. The summed E-state index contributed by atoms with van der Waals surface area (Å²) in [6, 6.07) is 4.36. The fraction of sp³-hybridized carbons (Fsp3) is 0.429. The van der Waals surface area contributed by atoms with E-state index in [0.29, 0.717) is 32.2 Å². The van der Waals surface area contributed by atoms with Crippen molar-refractivity contribution < 1.29 is 9.59 Å². The van der Waals surface area contributed by atoms with Crippen molar-refractivity contribution >= 4 is 57.2 Å². The molecule has 1 aromatic carbocycles. The number of urea groups is 1. The van der Waals surface area contributed by atoms with Gasteiger partial charge in [-0.3, -0.25) is 10.1 Å². The summed E-state index contributed by atoms with van der Waals surface area (Å²) >= 11 is 13.3. The first-order chi connectivity index (χ1) is 13.6. The number of thiophene rings is 1. The van der Waals surface area contributed by atoms with Crippen LogP contribution in [0.25, 0.3) is 0 Å². The Labute approximate surface area is 185 Å². The molecule has 0 saturated heterocycles. The van der Waals surface area contributed by atoms with Crippen molar-refractivity contribution in [1.82, 2.24) is 0 Å². The fourth-order valence-electron chi connectivity index (χ4n) is 3.73. The first kappa shape index (κ1) is 21.9. The summed E-state index contributed by atoms with van der Waals surface area (Å²) in [7, 11) is 0. The molecule has 0 bridgehead atoms. The van der Waals surface area contributed by atoms with Crippen molar-refractivity contribution in [2.24, 2.45) is 17.1 Å². The SMILES string of the molecule is CCC(C)(C)[C@@H]1CCc2c(sc(NC(=O)Nc3ccc(Cl)c(Cl)c3)c2C(N)=O)C1. The van der Waals surface area contributed by atoms with Crippen LogP contribution in [0.3, 0.4) is 0 Å². The zero-order valence-corrected chi connectivity index (χ0v) is 19.0. The number of hydrogen-bond acceptors (Lipinski definition) is 3. The van der Waals surface area contributed by atoms with Crippen molar-refractivity contribution in [2.75, 3.05) is 10.6 Å². The second-order valence-electron chi connectivity index (χ2n) is 8.06. The highest BCUT2D eigenvalue weighted by Crippen LogP contribution is 2.45. The van der Waals surface area contributed by atoms with Gasteiger partial charge < -0.3 is 11.1 Å². The van der Waals surface area contributed by atoms with Crippen LogP contribution in [-0.4, -0.2) is 11.9 Å². The third kappa shape index (κ3) is 4.71. The lowest BCUT2D eigenvalue weighted by Crippen LogP contribution is -2.29. The van der Waals surface area contributed by atoms with E-state index >= 15 is 0 Å². The zero-order chi connectivity index (χ0) is 21.3. The number of primary amides is 1. The molecule has 3 rings (SSSR count). The predicted octanol–water partition coefficient (Wildman–Crippen LogP) is 6.34. The lowest BCUT2D eigenvalue weighted by atomic mass is 9.69. The summed E-state index contributed by atoms with van der Waals surface area (Å²) in [5.41, 5.74) is 7.81. The predicted molar refractivity (Wildman–Crippen MR) is 122 cm³/mol. The number of benzene rings is 1. The lowest BCUT2D eigenvalue weighted by molar-refractivity contribution is 0.1000. The number of halogens is 2. The largest absolute Gasteiger partial charge is 0.365 e. The molecule has 1 aliphatic carbocycles. The van der Waals surface area contributed by atoms with Gasteiger partial charge in [0.1, 0.15) is 5.00 Å². The van der Waals surface area contributed by atoms with Crippen LogP contribution in [0.15, 0.2) is 18.2 Å². The highest BCUT2D eigenvalue weighted by molar-refractivity contribution is 7.17. The molecular weight excluding hydrogens is 429 g/mol. The van der Waals surface area contributed by atoms with E-state index in [1.807, 2.05) is 0 Å². The summed E-state index contributed by atoms with van der Waals surface area (Å²) < 4.78 is 0. The second-order valence-corrected chi connectivity index (χ2v) is 9.98. The molecule has 3 amide bonds. The molecule has 1 heterocycles. The minimum atomic E-state index is -0.513. The minimum Gasteiger partial charge on any atom is -0.365 e. The third-order valence-electron chi connectivity index (χ3n) is 5.93. The van der Waals surface area contributed by atoms with E-state index in [2.05, 4.69) is 31.4 Å². The Balaban J connectivity index is 1.82. The van der Waals surface area contributed by atoms with E-state index in [9.17, 15) is 9.59 Å². The quantitative estimate of drug-likeness (QED) is 0.493. The first-order valence-electron chi connectivity index (χ1n) is 9.59. The van der Waals surface area contributed by atoms with Gasteiger partial charge in [-0.2, -0.15) is 0 Å². The summed E-state index contributed by atoms with van der Waals surface area (Å²) in [5, 5.41) is 6.75. The van der Waals surface area contributed by atoms with E-state index in [1.165, 1.54) is 11.3 Å². The molecule has 8 heteroatoms. The summed E-state index contributed by atoms with van der Waals surface area (Å²) in [6.45, 7) is 6.78. The smallest absolute Gasteiger partial charge is 0.324 e. The molecule has 1 aliphatic rings. The van der Waals surface area contributed by atoms with Gasteiger partial charge in [0, 0.05) is 10.6 Å². The number of rotatable bonds is 5. The van der Waals surface area contributed by atoms with E-state index < -0.39 is 11.9 Å². The maximum atomic E-state index is 12.5. The number of nitrogens with two attached hydrogens (primary N) is 1. The van der Waals surface area contributed by atoms with Crippen LogP contribution < -0.4 is 16.4 Å². The van der Waals surface area contributed by atoms with Crippen molar-refractivity contribution in [1.29, 1.82) is 0 Å². The topological polar surface area (TPSA) is 84.2 Å². The van der Waals surface area contributed by atoms with Crippen molar-refractivity contribution in [3.63, 3.8) is 0 Å². The van der Waals surface area contributed by atoms with Gasteiger partial charge in [-0.1, -0.05) is 50.4 Å². The van der Waals surface area contributed by atoms with Gasteiger partial charge in [-0.05, 0) is 54.4 Å². The summed E-state index contributed by atoms with van der Waals surface area (Å²) in [5.74, 6) is 0.0257. The zero-order valence-electron chi connectivity index (χ0n) is 16.7. The minimum absolute atomic E-state index is 0.230. The van der Waals surface area contributed by atoms with Gasteiger partial charge in [0.2, 0.25) is 0 Å². The molecule has 1 aromatic heterocycles. The van der Waals surface area contributed by atoms with Crippen LogP contribution in [0.1, 0.15) is 54.4 Å². The number of carbonyl (C=O) groups is 2. The maximum absolute atomic E-state index is 12.5. The molecule has 1 atom stereocenters. The third-order valence-corrected chi connectivity index (χ3v) is 7.84. The Morgan fingerprint density at radius 3 is 2.59 bits per heavy atom. The summed E-state index contributed by atoms with van der Waals surface area (Å²) in [6.07, 6.45) is 3.81. The van der Waals surface area contributed by atoms with Crippen LogP contribution in [0.5, 0.6) is 0 Å². The maximum Gasteiger partial charge on any atom is 0.324 e. The van der Waals surface area contributed by atoms with Crippen LogP contribution in [0.2, 0.25) is 10.0 Å². The van der Waals surface area contributed by atoms with Crippen molar-refractivity contribution in [3.05, 3.63) is 44.2 Å². The first-order valence-corrected chi connectivity index (χ1v) is 11.2. The van der Waals surface area contributed by atoms with Gasteiger partial charge in [-0.15, -0.1) is 11.3 Å². The molecule has 0 saturated carbocycles. The molecule has 156 valence electrons. The van der Waals surface area contributed by atoms with Crippen LogP contribution in [0.4, 0.5) is 15.5 Å². The number of anilines is 2. The van der Waals surface area contributed by atoms with Crippen molar-refractivity contribution in [2.45, 2.75) is 46.5 Å². The highest BCUT2D eigenvalue weighted by atomic mass is 35.5. The van der Waals surface area contributed by atoms with Crippen LogP contribution in [-0.2, 0) is 12.8 Å². The number of amides is 3. The van der Waals surface area contributed by atoms with E-state index in [4.69, 9.17) is 28.9 Å². The van der Waals surface area contributed by atoms with Gasteiger partial charge in [0.05, 0.1) is 15.6 Å². The van der Waals surface area contributed by atoms with Crippen molar-refractivity contribution in [3.8, 4) is 0 Å². The molecule has 4 N–H and O–H groups in total. The molecular formula is C21H25Cl2N3O2S. The average molecular weight is 454 g/mol. The Morgan fingerprint density at radius 2 is 1.97 bits per heavy atom. The van der Waals surface area contributed by atoms with Crippen LogP contribution in [0, 0.1) is 11.3 Å². The normalized spacial score (nSPS) is 16.2. The Hall–Kier alpha value is -1.76. The standard InChI is InChI=1S/C21H25Cl2N3O2S/c1-4-21(2,3)11-5-7-13-16(9-11)29-19(17(13)18(24)27)26-20(28)25-12-6-8-14(22)15(23)10-12/h6,8,10-11H,4-5,7,9H2,1-3H3,(H2,24,27)(H2,25,26,28)/t11-/m1/s1. The molecule has 2 aromatic rings. The van der Waals surface area contributed by atoms with E-state index in [0.717, 1.165) is 36.1 Å². The fourth-order valence-corrected chi connectivity index (χ4v) is 5.36. The monoisotopic (exact) mass is 453 g/mol. The number of nitrogens with one attached hydrogen (secondary N) is 2. The van der Waals surface area contributed by atoms with Gasteiger partial charge >= 0.3 is 6.03 Å². The molecule has 0 spiro atoms. The van der Waals surface area contributed by atoms with E-state index in [1.54, 1.807) is 18.2 Å². The Morgan fingerprint density at radius 1 is 1.24 bits per heavy atom. The second kappa shape index (κ2) is 8.54. The summed E-state index contributed by atoms with van der Waals surface area (Å²) in [4.78, 5) is 25.8. The molecule has 0 radical (unpaired) electrons. The van der Waals surface area contributed by atoms with Crippen LogP contribution >= 0.6 is 34.5 Å². The molecule has 0 fully saturated rings. The highest BCUT2D eigenvalue weighted by Gasteiger charge is 2.35. The van der Waals surface area contributed by atoms with Gasteiger partial charge in [0.25, 0.3) is 5.91 Å². The Bertz CT molecular complexity index is 956. The molecule has 0 unspecified atom stereocenters. The molecule has 5 nitrogen and oxygen atoms in total. The number of hydrogen-bond donors (Lipinski definition) is 3. The molecule has 29 heavy (non-hydrogen) atoms. The van der Waals surface area contributed by atoms with Gasteiger partial charge in [-0.25, -0.2) is 4.79 Å². The lowest BCUT2D eigenvalue weighted by Gasteiger charge is -2.36. The Kier molecular flexibility index (Phi) is 6.46. The average Bonchev–Trinajstić information content (AvgIpc) is 3.01. The number of fused-ring (bicyclic) bond motifs is 1.